The molecular weight excluding hydrogens is 504 g/mol. The molecule has 0 unspecified atom stereocenters. The van der Waals surface area contributed by atoms with Gasteiger partial charge in [0.15, 0.2) is 0 Å². The number of rotatable bonds is 3. The van der Waals surface area contributed by atoms with Crippen LogP contribution in [0, 0.1) is 12.8 Å². The molecular formula is C42H46. The van der Waals surface area contributed by atoms with Crippen molar-refractivity contribution in [2.24, 2.45) is 5.92 Å². The monoisotopic (exact) mass is 550 g/mol. The molecule has 7 rings (SSSR count). The van der Waals surface area contributed by atoms with Gasteiger partial charge in [0.1, 0.15) is 0 Å². The third kappa shape index (κ3) is 5.24. The Kier molecular flexibility index (Phi) is 8.83. The lowest BCUT2D eigenvalue weighted by atomic mass is 9.61. The predicted molar refractivity (Wildman–Crippen MR) is 182 cm³/mol. The Labute approximate surface area is 254 Å². The Hall–Kier alpha value is -3.90. The predicted octanol–water partition coefficient (Wildman–Crippen LogP) is 11.1. The number of hydrogen-bond acceptors (Lipinski definition) is 0. The first kappa shape index (κ1) is 29.6. The van der Waals surface area contributed by atoms with E-state index in [1.807, 2.05) is 13.8 Å². The van der Waals surface area contributed by atoms with E-state index in [0.717, 1.165) is 25.2 Å². The van der Waals surface area contributed by atoms with Gasteiger partial charge in [-0.3, -0.25) is 0 Å². The molecule has 2 aliphatic rings. The van der Waals surface area contributed by atoms with Crippen LogP contribution in [0.3, 0.4) is 0 Å². The fourth-order valence-electron chi connectivity index (χ4n) is 6.73. The highest BCUT2D eigenvalue weighted by molar-refractivity contribution is 5.88. The van der Waals surface area contributed by atoms with Crippen LogP contribution >= 0.6 is 0 Å². The number of hydrogen-bond donors (Lipinski definition) is 0. The molecule has 0 heterocycles. The highest BCUT2D eigenvalue weighted by Gasteiger charge is 2.49. The van der Waals surface area contributed by atoms with Crippen LogP contribution in [0.15, 0.2) is 109 Å². The quantitative estimate of drug-likeness (QED) is 0.205. The van der Waals surface area contributed by atoms with Crippen LogP contribution in [0.1, 0.15) is 97.2 Å². The first-order valence-electron chi connectivity index (χ1n) is 15.9. The molecule has 5 aromatic carbocycles. The van der Waals surface area contributed by atoms with Gasteiger partial charge in [-0.2, -0.15) is 0 Å². The van der Waals surface area contributed by atoms with Gasteiger partial charge in [0.2, 0.25) is 0 Å². The minimum atomic E-state index is -0.274. The highest BCUT2D eigenvalue weighted by Crippen LogP contribution is 2.59. The first-order chi connectivity index (χ1) is 20.4. The smallest absolute Gasteiger partial charge is 0.0683 e. The maximum absolute atomic E-state index is 2.51. The van der Waals surface area contributed by atoms with Crippen molar-refractivity contribution in [3.05, 3.63) is 165 Å². The topological polar surface area (TPSA) is 0 Å². The van der Waals surface area contributed by atoms with Gasteiger partial charge in [-0.15, -0.1) is 0 Å². The van der Waals surface area contributed by atoms with Gasteiger partial charge in [-0.1, -0.05) is 156 Å². The molecule has 0 aliphatic heterocycles. The number of benzene rings is 5. The summed E-state index contributed by atoms with van der Waals surface area (Å²) >= 11 is 0. The summed E-state index contributed by atoms with van der Waals surface area (Å²) in [4.78, 5) is 0. The lowest BCUT2D eigenvalue weighted by Gasteiger charge is -2.40. The minimum Gasteiger partial charge on any atom is -0.0683 e. The normalized spacial score (nSPS) is 13.1. The van der Waals surface area contributed by atoms with Gasteiger partial charge < -0.3 is 0 Å². The second kappa shape index (κ2) is 12.5. The number of aryl methyl sites for hydroxylation is 2. The molecule has 0 aromatic heterocycles. The Morgan fingerprint density at radius 3 is 1.62 bits per heavy atom. The van der Waals surface area contributed by atoms with Gasteiger partial charge in [0.25, 0.3) is 0 Å². The van der Waals surface area contributed by atoms with Crippen molar-refractivity contribution < 1.29 is 0 Å². The van der Waals surface area contributed by atoms with Crippen LogP contribution in [0.25, 0.3) is 11.1 Å². The van der Waals surface area contributed by atoms with Crippen molar-refractivity contribution in [3.8, 4) is 11.1 Å². The van der Waals surface area contributed by atoms with E-state index in [-0.39, 0.29) is 5.41 Å². The van der Waals surface area contributed by atoms with E-state index in [2.05, 4.69) is 144 Å². The molecule has 0 nitrogen and oxygen atoms in total. The van der Waals surface area contributed by atoms with E-state index in [4.69, 9.17) is 0 Å². The van der Waals surface area contributed by atoms with E-state index in [9.17, 15) is 0 Å². The summed E-state index contributed by atoms with van der Waals surface area (Å²) in [7, 11) is 0. The van der Waals surface area contributed by atoms with E-state index in [1.54, 1.807) is 0 Å². The molecule has 214 valence electrons. The lowest BCUT2D eigenvalue weighted by molar-refractivity contribution is 0.720. The molecule has 42 heavy (non-hydrogen) atoms. The van der Waals surface area contributed by atoms with Crippen LogP contribution in [0.2, 0.25) is 0 Å². The summed E-state index contributed by atoms with van der Waals surface area (Å²) < 4.78 is 0. The van der Waals surface area contributed by atoms with Gasteiger partial charge in [0, 0.05) is 0 Å². The summed E-state index contributed by atoms with van der Waals surface area (Å²) in [5.41, 5.74) is 16.6. The lowest BCUT2D eigenvalue weighted by Crippen LogP contribution is -2.34. The molecule has 0 bridgehead atoms. The van der Waals surface area contributed by atoms with Crippen LogP contribution < -0.4 is 0 Å². The third-order valence-corrected chi connectivity index (χ3v) is 8.42. The maximum atomic E-state index is 2.51. The highest BCUT2D eigenvalue weighted by atomic mass is 14.5. The molecule has 0 N–H and O–H groups in total. The molecule has 0 heteroatoms. The Bertz CT molecular complexity index is 1620. The van der Waals surface area contributed by atoms with Crippen molar-refractivity contribution in [2.75, 3.05) is 0 Å². The van der Waals surface area contributed by atoms with E-state index in [1.165, 1.54) is 66.8 Å². The SMILES string of the molecule is CC.CC(C)C.CCc1ccc(Cc2ccc3c(c2)C2(c4ccccc4Cc4ccccc42)c2cc(C)ccc2-3)cc1. The van der Waals surface area contributed by atoms with Crippen LogP contribution in [0.4, 0.5) is 0 Å². The van der Waals surface area contributed by atoms with Crippen LogP contribution in [0.5, 0.6) is 0 Å². The second-order valence-corrected chi connectivity index (χ2v) is 12.2. The Morgan fingerprint density at radius 1 is 0.571 bits per heavy atom. The average Bonchev–Trinajstić information content (AvgIpc) is 3.28. The van der Waals surface area contributed by atoms with Crippen molar-refractivity contribution in [1.82, 2.24) is 0 Å². The number of fused-ring (bicyclic) bond motifs is 9. The molecule has 1 spiro atoms. The van der Waals surface area contributed by atoms with E-state index >= 15 is 0 Å². The summed E-state index contributed by atoms with van der Waals surface area (Å²) in [6, 6.07) is 41.7. The molecule has 0 saturated heterocycles. The zero-order valence-electron chi connectivity index (χ0n) is 26.6. The van der Waals surface area contributed by atoms with Crippen molar-refractivity contribution in [3.63, 3.8) is 0 Å². The zero-order valence-corrected chi connectivity index (χ0v) is 26.6. The Morgan fingerprint density at radius 2 is 1.05 bits per heavy atom. The average molecular weight is 551 g/mol. The first-order valence-corrected chi connectivity index (χ1v) is 15.9. The third-order valence-electron chi connectivity index (χ3n) is 8.42. The minimum absolute atomic E-state index is 0.274. The van der Waals surface area contributed by atoms with E-state index < -0.39 is 0 Å². The van der Waals surface area contributed by atoms with Gasteiger partial charge in [0.05, 0.1) is 5.41 Å². The molecule has 0 fully saturated rings. The van der Waals surface area contributed by atoms with Gasteiger partial charge >= 0.3 is 0 Å². The molecule has 2 aliphatic carbocycles. The second-order valence-electron chi connectivity index (χ2n) is 12.2. The molecule has 0 radical (unpaired) electrons. The van der Waals surface area contributed by atoms with Gasteiger partial charge in [-0.05, 0) is 93.3 Å². The maximum Gasteiger partial charge on any atom is 0.0719 e. The van der Waals surface area contributed by atoms with Crippen molar-refractivity contribution in [2.45, 2.75) is 73.1 Å². The Balaban J connectivity index is 0.000000545. The fourth-order valence-corrected chi connectivity index (χ4v) is 6.73. The molecule has 0 atom stereocenters. The fraction of sp³-hybridized carbons (Fsp3) is 0.286. The molecule has 0 amide bonds. The molecule has 0 saturated carbocycles. The van der Waals surface area contributed by atoms with Crippen LogP contribution in [-0.4, -0.2) is 0 Å². The van der Waals surface area contributed by atoms with E-state index in [0.29, 0.717) is 0 Å². The summed E-state index contributed by atoms with van der Waals surface area (Å²) in [5, 5.41) is 0. The molecule has 5 aromatic rings. The summed E-state index contributed by atoms with van der Waals surface area (Å²) in [6.45, 7) is 14.9. The van der Waals surface area contributed by atoms with Crippen LogP contribution in [-0.2, 0) is 24.7 Å². The largest absolute Gasteiger partial charge is 0.0719 e. The summed E-state index contributed by atoms with van der Waals surface area (Å²) in [5.74, 6) is 0.833. The summed E-state index contributed by atoms with van der Waals surface area (Å²) in [6.07, 6.45) is 3.03. The van der Waals surface area contributed by atoms with Gasteiger partial charge in [-0.25, -0.2) is 0 Å². The van der Waals surface area contributed by atoms with Crippen molar-refractivity contribution >= 4 is 0 Å². The zero-order chi connectivity index (χ0) is 29.9. The van der Waals surface area contributed by atoms with Crippen molar-refractivity contribution in [1.29, 1.82) is 0 Å². The standard InChI is InChI=1S/C36H30.C4H10.C2H6/c1-3-25-13-15-26(16-14-25)21-27-17-19-31-30-18-12-24(2)20-34(30)36(35(31)22-27)32-10-6-4-8-28(32)23-29-9-5-7-11-33(29)36;1-4(2)3;1-2/h4-20,22H,3,21,23H2,1-2H3;4H,1-3H3;1-2H3.